The molecule has 1 fully saturated rings. The maximum absolute atomic E-state index is 5.88. The summed E-state index contributed by atoms with van der Waals surface area (Å²) in [6.45, 7) is 4.95. The van der Waals surface area contributed by atoms with Gasteiger partial charge in [-0.2, -0.15) is 0 Å². The zero-order valence-electron chi connectivity index (χ0n) is 12.6. The summed E-state index contributed by atoms with van der Waals surface area (Å²) in [5.41, 5.74) is 2.24. The number of para-hydroxylation sites is 1. The molecule has 0 saturated carbocycles. The molecule has 112 valence electrons. The van der Waals surface area contributed by atoms with Crippen LogP contribution < -0.4 is 10.1 Å². The van der Waals surface area contributed by atoms with Crippen molar-refractivity contribution in [3.63, 3.8) is 0 Å². The summed E-state index contributed by atoms with van der Waals surface area (Å²) in [5, 5.41) is 4.41. The highest BCUT2D eigenvalue weighted by Crippen LogP contribution is 2.22. The number of fused-ring (bicyclic) bond motifs is 1. The van der Waals surface area contributed by atoms with Crippen LogP contribution in [0.25, 0.3) is 10.9 Å². The molecule has 1 aromatic carbocycles. The first-order valence-corrected chi connectivity index (χ1v) is 7.75. The lowest BCUT2D eigenvalue weighted by atomic mass is 10.1. The summed E-state index contributed by atoms with van der Waals surface area (Å²) < 4.78 is 5.88. The second-order valence-electron chi connectivity index (χ2n) is 5.56. The Morgan fingerprint density at radius 3 is 2.86 bits per heavy atom. The van der Waals surface area contributed by atoms with Crippen molar-refractivity contribution < 1.29 is 4.74 Å². The smallest absolute Gasteiger partial charge is 0.214 e. The van der Waals surface area contributed by atoms with Crippen molar-refractivity contribution in [3.8, 4) is 5.88 Å². The number of hydrogen-bond acceptors (Lipinski definition) is 4. The van der Waals surface area contributed by atoms with E-state index < -0.39 is 0 Å². The lowest BCUT2D eigenvalue weighted by Gasteiger charge is -2.15. The van der Waals surface area contributed by atoms with E-state index in [-0.39, 0.29) is 0 Å². The monoisotopic (exact) mass is 285 g/mol. The summed E-state index contributed by atoms with van der Waals surface area (Å²) in [6.07, 6.45) is 2.64. The standard InChI is InChI=1S/C17H23N3O/c1-18-13-14-12-17(19-16-7-3-2-6-15(14)16)21-11-10-20-8-4-5-9-20/h2-3,6-7,12,18H,4-5,8-11,13H2,1H3. The number of ether oxygens (including phenoxy) is 1. The van der Waals surface area contributed by atoms with Crippen LogP contribution in [0.15, 0.2) is 30.3 Å². The molecule has 0 unspecified atom stereocenters. The Morgan fingerprint density at radius 1 is 1.24 bits per heavy atom. The number of aromatic nitrogens is 1. The minimum atomic E-state index is 0.713. The molecule has 0 spiro atoms. The number of benzene rings is 1. The third-order valence-corrected chi connectivity index (χ3v) is 4.00. The maximum atomic E-state index is 5.88. The van der Waals surface area contributed by atoms with Crippen molar-refractivity contribution in [2.24, 2.45) is 0 Å². The van der Waals surface area contributed by atoms with Gasteiger partial charge in [-0.25, -0.2) is 4.98 Å². The minimum Gasteiger partial charge on any atom is -0.476 e. The summed E-state index contributed by atoms with van der Waals surface area (Å²) in [6, 6.07) is 10.3. The van der Waals surface area contributed by atoms with Gasteiger partial charge in [0.25, 0.3) is 0 Å². The van der Waals surface area contributed by atoms with Crippen molar-refractivity contribution >= 4 is 10.9 Å². The molecule has 1 aliphatic rings. The Morgan fingerprint density at radius 2 is 2.05 bits per heavy atom. The Kier molecular flexibility index (Phi) is 4.68. The minimum absolute atomic E-state index is 0.713. The van der Waals surface area contributed by atoms with Gasteiger partial charge in [-0.1, -0.05) is 18.2 Å². The predicted molar refractivity (Wildman–Crippen MR) is 85.7 cm³/mol. The molecule has 3 rings (SSSR count). The van der Waals surface area contributed by atoms with Crippen molar-refractivity contribution in [1.82, 2.24) is 15.2 Å². The van der Waals surface area contributed by atoms with E-state index >= 15 is 0 Å². The first-order chi connectivity index (χ1) is 10.4. The van der Waals surface area contributed by atoms with Crippen LogP contribution in [-0.2, 0) is 6.54 Å². The molecule has 4 nitrogen and oxygen atoms in total. The zero-order valence-corrected chi connectivity index (χ0v) is 12.6. The predicted octanol–water partition coefficient (Wildman–Crippen LogP) is 2.43. The van der Waals surface area contributed by atoms with Crippen LogP contribution in [0.4, 0.5) is 0 Å². The van der Waals surface area contributed by atoms with Crippen LogP contribution in [0.5, 0.6) is 5.88 Å². The number of likely N-dealkylation sites (tertiary alicyclic amines) is 1. The zero-order chi connectivity index (χ0) is 14.5. The van der Waals surface area contributed by atoms with Crippen LogP contribution in [0.2, 0.25) is 0 Å². The van der Waals surface area contributed by atoms with E-state index in [1.165, 1.54) is 36.9 Å². The Bertz CT molecular complexity index is 594. The van der Waals surface area contributed by atoms with Gasteiger partial charge < -0.3 is 10.1 Å². The summed E-state index contributed by atoms with van der Waals surface area (Å²) >= 11 is 0. The van der Waals surface area contributed by atoms with Gasteiger partial charge in [0.15, 0.2) is 0 Å². The average molecular weight is 285 g/mol. The highest BCUT2D eigenvalue weighted by molar-refractivity contribution is 5.82. The number of rotatable bonds is 6. The van der Waals surface area contributed by atoms with E-state index in [0.29, 0.717) is 6.61 Å². The Balaban J connectivity index is 1.71. The molecule has 1 saturated heterocycles. The number of hydrogen-bond donors (Lipinski definition) is 1. The van der Waals surface area contributed by atoms with E-state index in [4.69, 9.17) is 4.74 Å². The second-order valence-corrected chi connectivity index (χ2v) is 5.56. The third-order valence-electron chi connectivity index (χ3n) is 4.00. The van der Waals surface area contributed by atoms with Gasteiger partial charge in [-0.15, -0.1) is 0 Å². The normalized spacial score (nSPS) is 15.7. The van der Waals surface area contributed by atoms with Crippen molar-refractivity contribution in [3.05, 3.63) is 35.9 Å². The van der Waals surface area contributed by atoms with Gasteiger partial charge in [0.1, 0.15) is 6.61 Å². The molecule has 0 atom stereocenters. The van der Waals surface area contributed by atoms with Gasteiger partial charge in [-0.3, -0.25) is 4.90 Å². The van der Waals surface area contributed by atoms with E-state index in [9.17, 15) is 0 Å². The quantitative estimate of drug-likeness (QED) is 0.884. The molecule has 4 heteroatoms. The Labute approximate surface area is 126 Å². The largest absolute Gasteiger partial charge is 0.476 e. The van der Waals surface area contributed by atoms with E-state index in [0.717, 1.165) is 24.5 Å². The molecule has 0 bridgehead atoms. The van der Waals surface area contributed by atoms with Crippen LogP contribution >= 0.6 is 0 Å². The molecule has 0 radical (unpaired) electrons. The highest BCUT2D eigenvalue weighted by atomic mass is 16.5. The number of pyridine rings is 1. The fourth-order valence-corrected chi connectivity index (χ4v) is 2.92. The summed E-state index contributed by atoms with van der Waals surface area (Å²) in [5.74, 6) is 0.734. The molecule has 2 heterocycles. The molecule has 0 aliphatic carbocycles. The van der Waals surface area contributed by atoms with Crippen molar-refractivity contribution in [2.45, 2.75) is 19.4 Å². The first kappa shape index (κ1) is 14.3. The Hall–Kier alpha value is -1.65. The molecule has 1 aliphatic heterocycles. The van der Waals surface area contributed by atoms with Crippen LogP contribution in [0.3, 0.4) is 0 Å². The van der Waals surface area contributed by atoms with Gasteiger partial charge in [0, 0.05) is 24.5 Å². The van der Waals surface area contributed by atoms with Gasteiger partial charge in [0.2, 0.25) is 5.88 Å². The number of nitrogens with one attached hydrogen (secondary N) is 1. The fourth-order valence-electron chi connectivity index (χ4n) is 2.92. The topological polar surface area (TPSA) is 37.4 Å². The second kappa shape index (κ2) is 6.87. The van der Waals surface area contributed by atoms with Crippen LogP contribution in [-0.4, -0.2) is 43.2 Å². The van der Waals surface area contributed by atoms with Gasteiger partial charge in [-0.05, 0) is 44.6 Å². The van der Waals surface area contributed by atoms with Gasteiger partial charge >= 0.3 is 0 Å². The van der Waals surface area contributed by atoms with E-state index in [2.05, 4.69) is 33.4 Å². The van der Waals surface area contributed by atoms with Crippen LogP contribution in [0.1, 0.15) is 18.4 Å². The lowest BCUT2D eigenvalue weighted by molar-refractivity contribution is 0.232. The molecule has 1 aromatic heterocycles. The average Bonchev–Trinajstić information content (AvgIpc) is 3.01. The first-order valence-electron chi connectivity index (χ1n) is 7.75. The van der Waals surface area contributed by atoms with Crippen molar-refractivity contribution in [2.75, 3.05) is 33.3 Å². The summed E-state index contributed by atoms with van der Waals surface area (Å²) in [4.78, 5) is 7.07. The summed E-state index contributed by atoms with van der Waals surface area (Å²) in [7, 11) is 1.96. The molecule has 21 heavy (non-hydrogen) atoms. The van der Waals surface area contributed by atoms with Gasteiger partial charge in [0.05, 0.1) is 5.52 Å². The molecular weight excluding hydrogens is 262 g/mol. The SMILES string of the molecule is CNCc1cc(OCCN2CCCC2)nc2ccccc12. The lowest BCUT2D eigenvalue weighted by Crippen LogP contribution is -2.25. The molecule has 0 amide bonds. The third kappa shape index (κ3) is 3.52. The van der Waals surface area contributed by atoms with Crippen molar-refractivity contribution in [1.29, 1.82) is 0 Å². The molecule has 1 N–H and O–H groups in total. The maximum Gasteiger partial charge on any atom is 0.214 e. The fraction of sp³-hybridized carbons (Fsp3) is 0.471. The highest BCUT2D eigenvalue weighted by Gasteiger charge is 2.11. The molecule has 2 aromatic rings. The van der Waals surface area contributed by atoms with Crippen LogP contribution in [0, 0.1) is 0 Å². The van der Waals surface area contributed by atoms with E-state index in [1.54, 1.807) is 0 Å². The number of nitrogens with zero attached hydrogens (tertiary/aromatic N) is 2. The molecular formula is C17H23N3O. The van der Waals surface area contributed by atoms with E-state index in [1.807, 2.05) is 19.2 Å².